The van der Waals surface area contributed by atoms with Gasteiger partial charge in [0.1, 0.15) is 0 Å². The Labute approximate surface area is 149 Å². The van der Waals surface area contributed by atoms with Gasteiger partial charge in [0.25, 0.3) is 5.91 Å². The van der Waals surface area contributed by atoms with E-state index >= 15 is 0 Å². The Morgan fingerprint density at radius 2 is 2.08 bits per heavy atom. The third-order valence-corrected chi connectivity index (χ3v) is 5.13. The molecule has 1 aromatic rings. The summed E-state index contributed by atoms with van der Waals surface area (Å²) in [5.74, 6) is -0.130. The van der Waals surface area contributed by atoms with E-state index in [-0.39, 0.29) is 11.9 Å². The zero-order valence-corrected chi connectivity index (χ0v) is 14.8. The van der Waals surface area contributed by atoms with Crippen molar-refractivity contribution in [3.05, 3.63) is 45.1 Å². The molecule has 1 atom stereocenters. The van der Waals surface area contributed by atoms with Gasteiger partial charge in [0, 0.05) is 20.7 Å². The fraction of sp³-hybridized carbons (Fsp3) is 0.375. The van der Waals surface area contributed by atoms with Crippen LogP contribution in [-0.2, 0) is 9.53 Å². The number of halogens is 2. The first kappa shape index (κ1) is 17.1. The molecule has 0 saturated heterocycles. The monoisotopic (exact) mass is 369 g/mol. The van der Waals surface area contributed by atoms with E-state index in [0.717, 1.165) is 0 Å². The molecule has 0 bridgehead atoms. The summed E-state index contributed by atoms with van der Waals surface area (Å²) in [5, 5.41) is 3.55. The second-order valence-electron chi connectivity index (χ2n) is 5.66. The second-order valence-corrected chi connectivity index (χ2v) is 6.45. The van der Waals surface area contributed by atoms with Crippen molar-refractivity contribution in [2.75, 3.05) is 33.9 Å². The van der Waals surface area contributed by atoms with E-state index in [0.29, 0.717) is 46.6 Å². The number of methoxy groups -OCH3 is 1. The Bertz CT molecular complexity index is 735. The average molecular weight is 370 g/mol. The smallest absolute Gasteiger partial charge is 0.322 e. The standard InChI is InChI=1S/C16H17Cl2N3O3/c1-20-11-8-21(6-7-24-2)15(22)12(11)14(19-16(20)23)9-4-3-5-10(17)13(9)18/h3-5,14H,6-8H2,1-2H3,(H,19,23)/t14-/m1/s1. The average Bonchev–Trinajstić information content (AvgIpc) is 2.89. The highest BCUT2D eigenvalue weighted by Gasteiger charge is 2.43. The van der Waals surface area contributed by atoms with Crippen molar-refractivity contribution in [3.8, 4) is 0 Å². The number of carbonyl (C=O) groups is 2. The summed E-state index contributed by atoms with van der Waals surface area (Å²) in [6.45, 7) is 1.26. The molecule has 6 nitrogen and oxygen atoms in total. The maximum absolute atomic E-state index is 12.8. The van der Waals surface area contributed by atoms with Gasteiger partial charge in [0.05, 0.1) is 40.5 Å². The number of amides is 3. The fourth-order valence-electron chi connectivity index (χ4n) is 2.98. The number of urea groups is 1. The number of hydrogen-bond donors (Lipinski definition) is 1. The molecule has 2 heterocycles. The zero-order chi connectivity index (χ0) is 17.4. The van der Waals surface area contributed by atoms with Crippen LogP contribution >= 0.6 is 23.2 Å². The first-order valence-corrected chi connectivity index (χ1v) is 8.20. The van der Waals surface area contributed by atoms with E-state index in [1.165, 1.54) is 4.90 Å². The lowest BCUT2D eigenvalue weighted by Crippen LogP contribution is -2.45. The number of rotatable bonds is 4. The largest absolute Gasteiger partial charge is 0.383 e. The molecule has 1 N–H and O–H groups in total. The molecule has 128 valence electrons. The Kier molecular flexibility index (Phi) is 4.71. The van der Waals surface area contributed by atoms with E-state index < -0.39 is 6.04 Å². The topological polar surface area (TPSA) is 61.9 Å². The summed E-state index contributed by atoms with van der Waals surface area (Å²) >= 11 is 12.4. The van der Waals surface area contributed by atoms with E-state index in [9.17, 15) is 9.59 Å². The lowest BCUT2D eigenvalue weighted by atomic mass is 9.95. The quantitative estimate of drug-likeness (QED) is 0.886. The molecule has 8 heteroatoms. The normalized spacial score (nSPS) is 20.6. The summed E-state index contributed by atoms with van der Waals surface area (Å²) < 4.78 is 5.05. The minimum absolute atomic E-state index is 0.130. The SMILES string of the molecule is COCCN1CC2=C(C1=O)[C@@H](c1cccc(Cl)c1Cl)NC(=O)N2C. The summed E-state index contributed by atoms with van der Waals surface area (Å²) in [7, 11) is 3.23. The van der Waals surface area contributed by atoms with E-state index in [1.54, 1.807) is 37.3 Å². The van der Waals surface area contributed by atoms with Crippen molar-refractivity contribution < 1.29 is 14.3 Å². The highest BCUT2D eigenvalue weighted by molar-refractivity contribution is 6.42. The van der Waals surface area contributed by atoms with Crippen LogP contribution in [0.3, 0.4) is 0 Å². The Morgan fingerprint density at radius 3 is 2.79 bits per heavy atom. The molecule has 0 aliphatic carbocycles. The molecule has 0 unspecified atom stereocenters. The third kappa shape index (κ3) is 2.75. The van der Waals surface area contributed by atoms with Crippen LogP contribution in [0.1, 0.15) is 11.6 Å². The first-order chi connectivity index (χ1) is 11.5. The Hall–Kier alpha value is -1.76. The highest BCUT2D eigenvalue weighted by atomic mass is 35.5. The van der Waals surface area contributed by atoms with Gasteiger partial charge in [0.15, 0.2) is 0 Å². The van der Waals surface area contributed by atoms with Gasteiger partial charge in [-0.2, -0.15) is 0 Å². The van der Waals surface area contributed by atoms with Crippen molar-refractivity contribution in [2.24, 2.45) is 0 Å². The molecule has 0 radical (unpaired) electrons. The van der Waals surface area contributed by atoms with Crippen LogP contribution in [0.5, 0.6) is 0 Å². The molecule has 2 aliphatic heterocycles. The number of hydrogen-bond acceptors (Lipinski definition) is 3. The molecule has 2 aliphatic rings. The van der Waals surface area contributed by atoms with Crippen molar-refractivity contribution in [1.29, 1.82) is 0 Å². The van der Waals surface area contributed by atoms with Crippen molar-refractivity contribution in [3.63, 3.8) is 0 Å². The number of nitrogens with one attached hydrogen (secondary N) is 1. The predicted octanol–water partition coefficient (Wildman–Crippen LogP) is 2.43. The summed E-state index contributed by atoms with van der Waals surface area (Å²) in [6, 6.07) is 4.28. The molecule has 3 amide bonds. The van der Waals surface area contributed by atoms with Gasteiger partial charge in [-0.05, 0) is 11.6 Å². The molecule has 0 fully saturated rings. The van der Waals surface area contributed by atoms with Crippen LogP contribution in [0.25, 0.3) is 0 Å². The van der Waals surface area contributed by atoms with Gasteiger partial charge in [-0.15, -0.1) is 0 Å². The fourth-order valence-corrected chi connectivity index (χ4v) is 3.40. The highest BCUT2D eigenvalue weighted by Crippen LogP contribution is 2.39. The summed E-state index contributed by atoms with van der Waals surface area (Å²) in [4.78, 5) is 28.3. The van der Waals surface area contributed by atoms with Gasteiger partial charge in [-0.1, -0.05) is 35.3 Å². The van der Waals surface area contributed by atoms with Crippen molar-refractivity contribution in [2.45, 2.75) is 6.04 Å². The van der Waals surface area contributed by atoms with Crippen LogP contribution in [-0.4, -0.2) is 55.6 Å². The lowest BCUT2D eigenvalue weighted by molar-refractivity contribution is -0.126. The van der Waals surface area contributed by atoms with Crippen molar-refractivity contribution in [1.82, 2.24) is 15.1 Å². The van der Waals surface area contributed by atoms with Gasteiger partial charge < -0.3 is 15.0 Å². The molecule has 1 aromatic carbocycles. The Morgan fingerprint density at radius 1 is 1.33 bits per heavy atom. The molecular weight excluding hydrogens is 353 g/mol. The van der Waals surface area contributed by atoms with Gasteiger partial charge in [-0.25, -0.2) is 4.79 Å². The van der Waals surface area contributed by atoms with E-state index in [1.807, 2.05) is 0 Å². The van der Waals surface area contributed by atoms with Crippen LogP contribution in [0.4, 0.5) is 4.79 Å². The van der Waals surface area contributed by atoms with E-state index in [4.69, 9.17) is 27.9 Å². The number of nitrogens with zero attached hydrogens (tertiary/aromatic N) is 2. The summed E-state index contributed by atoms with van der Waals surface area (Å²) in [5.41, 5.74) is 1.82. The molecule has 3 rings (SSSR count). The number of benzene rings is 1. The Balaban J connectivity index is 2.03. The van der Waals surface area contributed by atoms with Gasteiger partial charge in [0.2, 0.25) is 0 Å². The number of carbonyl (C=O) groups excluding carboxylic acids is 2. The summed E-state index contributed by atoms with van der Waals surface area (Å²) in [6.07, 6.45) is 0. The maximum atomic E-state index is 12.8. The second kappa shape index (κ2) is 6.63. The van der Waals surface area contributed by atoms with Crippen LogP contribution in [0.2, 0.25) is 10.0 Å². The minimum atomic E-state index is -0.616. The number of likely N-dealkylation sites (N-methyl/N-ethyl adjacent to an activating group) is 1. The van der Waals surface area contributed by atoms with Crippen molar-refractivity contribution >= 4 is 35.1 Å². The van der Waals surface area contributed by atoms with Crippen LogP contribution in [0, 0.1) is 0 Å². The van der Waals surface area contributed by atoms with Gasteiger partial charge >= 0.3 is 6.03 Å². The molecular formula is C16H17Cl2N3O3. The van der Waals surface area contributed by atoms with Crippen LogP contribution in [0.15, 0.2) is 29.5 Å². The molecule has 0 aromatic heterocycles. The maximum Gasteiger partial charge on any atom is 0.322 e. The lowest BCUT2D eigenvalue weighted by Gasteiger charge is -2.31. The van der Waals surface area contributed by atoms with Crippen LogP contribution < -0.4 is 5.32 Å². The molecule has 0 saturated carbocycles. The molecule has 24 heavy (non-hydrogen) atoms. The zero-order valence-electron chi connectivity index (χ0n) is 13.3. The van der Waals surface area contributed by atoms with Gasteiger partial charge in [-0.3, -0.25) is 9.69 Å². The molecule has 0 spiro atoms. The first-order valence-electron chi connectivity index (χ1n) is 7.45. The number of ether oxygens (including phenoxy) is 1. The predicted molar refractivity (Wildman–Crippen MR) is 91.0 cm³/mol. The van der Waals surface area contributed by atoms with E-state index in [2.05, 4.69) is 5.32 Å². The third-order valence-electron chi connectivity index (χ3n) is 4.29. The minimum Gasteiger partial charge on any atom is -0.383 e.